The lowest BCUT2D eigenvalue weighted by Gasteiger charge is -2.07. The number of allylic oxidation sites excluding steroid dienone is 8. The molecule has 0 aliphatic rings. The molecule has 0 aliphatic carbocycles. The van der Waals surface area contributed by atoms with Crippen molar-refractivity contribution >= 4 is 0 Å². The molecule has 0 aromatic heterocycles. The van der Waals surface area contributed by atoms with Gasteiger partial charge in [-0.25, -0.2) is 0 Å². The highest BCUT2D eigenvalue weighted by molar-refractivity contribution is 5.40. The van der Waals surface area contributed by atoms with Crippen molar-refractivity contribution in [3.8, 4) is 0 Å². The molecule has 1 aromatic rings. The van der Waals surface area contributed by atoms with Gasteiger partial charge in [-0.1, -0.05) is 78.9 Å². The zero-order valence-corrected chi connectivity index (χ0v) is 15.5. The van der Waals surface area contributed by atoms with Gasteiger partial charge in [0, 0.05) is 0 Å². The van der Waals surface area contributed by atoms with Gasteiger partial charge in [-0.3, -0.25) is 0 Å². The molecule has 0 atom stereocenters. The maximum atomic E-state index is 4.19. The first-order chi connectivity index (χ1) is 10.9. The number of benzene rings is 1. The van der Waals surface area contributed by atoms with Crippen LogP contribution in [0, 0.1) is 6.92 Å². The highest BCUT2D eigenvalue weighted by Crippen LogP contribution is 2.17. The van der Waals surface area contributed by atoms with Gasteiger partial charge in [-0.15, -0.1) is 0 Å². The van der Waals surface area contributed by atoms with Gasteiger partial charge in [0.2, 0.25) is 0 Å². The summed E-state index contributed by atoms with van der Waals surface area (Å²) in [5, 5.41) is 0. The van der Waals surface area contributed by atoms with Crippen LogP contribution in [0.25, 0.3) is 0 Å². The highest BCUT2D eigenvalue weighted by atomic mass is 14.1. The van der Waals surface area contributed by atoms with E-state index in [1.54, 1.807) is 0 Å². The van der Waals surface area contributed by atoms with Crippen molar-refractivity contribution in [2.24, 2.45) is 0 Å². The first kappa shape index (κ1) is 20.9. The SMILES string of the molecule is C/C=C\C.C=C(C)/C=C\C(=C/C)C(=C)CCc1ccc(C)cc1. The average molecular weight is 309 g/mol. The Bertz CT molecular complexity index is 559. The van der Waals surface area contributed by atoms with Crippen molar-refractivity contribution in [2.75, 3.05) is 0 Å². The molecule has 0 heterocycles. The molecule has 0 bridgehead atoms. The second-order valence-corrected chi connectivity index (χ2v) is 5.68. The molecule has 0 radical (unpaired) electrons. The third-order valence-electron chi connectivity index (χ3n) is 3.44. The summed E-state index contributed by atoms with van der Waals surface area (Å²) in [5.41, 5.74) is 6.12. The number of rotatable bonds is 6. The van der Waals surface area contributed by atoms with Gasteiger partial charge >= 0.3 is 0 Å². The molecule has 1 aromatic carbocycles. The van der Waals surface area contributed by atoms with Crippen LogP contribution in [0.1, 0.15) is 45.2 Å². The summed E-state index contributed by atoms with van der Waals surface area (Å²) in [5.74, 6) is 0. The zero-order chi connectivity index (χ0) is 17.7. The summed E-state index contributed by atoms with van der Waals surface area (Å²) < 4.78 is 0. The van der Waals surface area contributed by atoms with E-state index in [1.807, 2.05) is 39.0 Å². The molecule has 0 heteroatoms. The Morgan fingerprint density at radius 3 is 1.96 bits per heavy atom. The van der Waals surface area contributed by atoms with Crippen molar-refractivity contribution in [3.63, 3.8) is 0 Å². The predicted molar refractivity (Wildman–Crippen MR) is 107 cm³/mol. The zero-order valence-electron chi connectivity index (χ0n) is 15.5. The first-order valence-electron chi connectivity index (χ1n) is 8.25. The summed E-state index contributed by atoms with van der Waals surface area (Å²) in [6.45, 7) is 18.2. The monoisotopic (exact) mass is 308 g/mol. The number of aryl methyl sites for hydroxylation is 2. The molecule has 23 heavy (non-hydrogen) atoms. The molecule has 0 unspecified atom stereocenters. The largest absolute Gasteiger partial charge is 0.0961 e. The van der Waals surface area contributed by atoms with Gasteiger partial charge in [0.15, 0.2) is 0 Å². The maximum Gasteiger partial charge on any atom is -0.0238 e. The van der Waals surface area contributed by atoms with Crippen molar-refractivity contribution < 1.29 is 0 Å². The van der Waals surface area contributed by atoms with Crippen LogP contribution in [0.4, 0.5) is 0 Å². The van der Waals surface area contributed by atoms with Crippen LogP contribution >= 0.6 is 0 Å². The van der Waals surface area contributed by atoms with Gasteiger partial charge < -0.3 is 0 Å². The molecular weight excluding hydrogens is 276 g/mol. The highest BCUT2D eigenvalue weighted by Gasteiger charge is 2.00. The standard InChI is InChI=1S/C19H24.C4H8/c1-6-19(14-7-15(2)3)17(5)10-13-18-11-8-16(4)9-12-18;1-3-4-2/h6-9,11-12,14H,2,5,10,13H2,1,3-4H3;3-4H,1-2H3/b14-7-,19-6+;4-3-. The minimum absolute atomic E-state index is 0.989. The van der Waals surface area contributed by atoms with Gasteiger partial charge in [0.05, 0.1) is 0 Å². The van der Waals surface area contributed by atoms with Crippen molar-refractivity contribution in [2.45, 2.75) is 47.5 Å². The van der Waals surface area contributed by atoms with Crippen LogP contribution in [0.5, 0.6) is 0 Å². The summed E-state index contributed by atoms with van der Waals surface area (Å²) in [7, 11) is 0. The smallest absolute Gasteiger partial charge is 0.0238 e. The summed E-state index contributed by atoms with van der Waals surface area (Å²) in [6.07, 6.45) is 12.3. The van der Waals surface area contributed by atoms with Crippen LogP contribution < -0.4 is 0 Å². The quantitative estimate of drug-likeness (QED) is 0.387. The van der Waals surface area contributed by atoms with Crippen molar-refractivity contribution in [1.82, 2.24) is 0 Å². The van der Waals surface area contributed by atoms with E-state index in [1.165, 1.54) is 22.3 Å². The third kappa shape index (κ3) is 10.3. The second kappa shape index (κ2) is 12.5. The predicted octanol–water partition coefficient (Wildman–Crippen LogP) is 7.14. The lowest BCUT2D eigenvalue weighted by molar-refractivity contribution is 0.957. The Morgan fingerprint density at radius 1 is 0.957 bits per heavy atom. The minimum Gasteiger partial charge on any atom is -0.0961 e. The molecular formula is C23H32. The molecule has 0 aliphatic heterocycles. The Kier molecular flexibility index (Phi) is 11.3. The molecule has 0 spiro atoms. The van der Waals surface area contributed by atoms with E-state index in [-0.39, 0.29) is 0 Å². The van der Waals surface area contributed by atoms with Gasteiger partial charge in [-0.05, 0) is 64.2 Å². The Morgan fingerprint density at radius 2 is 1.52 bits per heavy atom. The molecule has 0 amide bonds. The normalized spacial score (nSPS) is 11.4. The topological polar surface area (TPSA) is 0 Å². The fourth-order valence-electron chi connectivity index (χ4n) is 1.84. The molecule has 0 N–H and O–H groups in total. The third-order valence-corrected chi connectivity index (χ3v) is 3.44. The van der Waals surface area contributed by atoms with Crippen LogP contribution in [0.3, 0.4) is 0 Å². The van der Waals surface area contributed by atoms with E-state index in [9.17, 15) is 0 Å². The molecule has 0 fully saturated rings. The Balaban J connectivity index is 0.00000108. The number of hydrogen-bond acceptors (Lipinski definition) is 0. The molecule has 0 nitrogen and oxygen atoms in total. The van der Waals surface area contributed by atoms with Crippen LogP contribution in [0.15, 0.2) is 84.5 Å². The summed E-state index contributed by atoms with van der Waals surface area (Å²) >= 11 is 0. The van der Waals surface area contributed by atoms with E-state index >= 15 is 0 Å². The molecule has 0 saturated carbocycles. The first-order valence-corrected chi connectivity index (χ1v) is 8.25. The lowest BCUT2D eigenvalue weighted by atomic mass is 9.98. The fraction of sp³-hybridized carbons (Fsp3) is 0.304. The summed E-state index contributed by atoms with van der Waals surface area (Å²) in [6, 6.07) is 8.72. The van der Waals surface area contributed by atoms with E-state index < -0.39 is 0 Å². The van der Waals surface area contributed by atoms with Crippen LogP contribution in [-0.4, -0.2) is 0 Å². The fourth-order valence-corrected chi connectivity index (χ4v) is 1.84. The van der Waals surface area contributed by atoms with E-state index in [0.717, 1.165) is 18.4 Å². The Hall–Kier alpha value is -2.08. The van der Waals surface area contributed by atoms with Gasteiger partial charge in [0.1, 0.15) is 0 Å². The average Bonchev–Trinajstić information content (AvgIpc) is 2.54. The van der Waals surface area contributed by atoms with Crippen LogP contribution in [-0.2, 0) is 6.42 Å². The Labute approximate surface area is 143 Å². The second-order valence-electron chi connectivity index (χ2n) is 5.68. The van der Waals surface area contributed by atoms with E-state index in [4.69, 9.17) is 0 Å². The van der Waals surface area contributed by atoms with Gasteiger partial charge in [0.25, 0.3) is 0 Å². The summed E-state index contributed by atoms with van der Waals surface area (Å²) in [4.78, 5) is 0. The van der Waals surface area contributed by atoms with E-state index in [2.05, 4.69) is 63.4 Å². The lowest BCUT2D eigenvalue weighted by Crippen LogP contribution is -1.91. The number of hydrogen-bond donors (Lipinski definition) is 0. The van der Waals surface area contributed by atoms with E-state index in [0.29, 0.717) is 0 Å². The molecule has 1 rings (SSSR count). The van der Waals surface area contributed by atoms with Gasteiger partial charge in [-0.2, -0.15) is 0 Å². The molecule has 0 saturated heterocycles. The molecule has 124 valence electrons. The van der Waals surface area contributed by atoms with Crippen molar-refractivity contribution in [1.29, 1.82) is 0 Å². The minimum atomic E-state index is 0.989. The maximum absolute atomic E-state index is 4.19. The van der Waals surface area contributed by atoms with Crippen LogP contribution in [0.2, 0.25) is 0 Å². The van der Waals surface area contributed by atoms with Crippen molar-refractivity contribution in [3.05, 3.63) is 95.6 Å².